The predicted molar refractivity (Wildman–Crippen MR) is 28.8 cm³/mol. The van der Waals surface area contributed by atoms with Gasteiger partial charge in [-0.25, -0.2) is 0 Å². The summed E-state index contributed by atoms with van der Waals surface area (Å²) in [5.74, 6) is 0. The molecule has 0 amide bonds. The molecular weight excluding hydrogens is 226 g/mol. The number of hydrogen-bond donors (Lipinski definition) is 0. The fraction of sp³-hybridized carbons (Fsp3) is 1.00. The van der Waals surface area contributed by atoms with E-state index >= 15 is 0 Å². The molecule has 0 spiro atoms. The number of halogens is 3. The van der Waals surface area contributed by atoms with Gasteiger partial charge in [-0.15, -0.1) is 37.2 Å². The van der Waals surface area contributed by atoms with Crippen LogP contribution < -0.4 is 0 Å². The molecule has 0 aromatic carbocycles. The number of rotatable bonds is 0. The molecule has 0 radical (unpaired) electrons. The molecule has 0 atom stereocenters. The van der Waals surface area contributed by atoms with Crippen LogP contribution in [0.3, 0.4) is 0 Å². The van der Waals surface area contributed by atoms with Gasteiger partial charge in [-0.2, -0.15) is 0 Å². The minimum Gasteiger partial charge on any atom is -0.147 e. The van der Waals surface area contributed by atoms with Crippen molar-refractivity contribution in [2.45, 2.75) is 0 Å². The zero-order valence-electron chi connectivity index (χ0n) is 3.13. The van der Waals surface area contributed by atoms with Crippen molar-refractivity contribution in [3.63, 3.8) is 0 Å². The Bertz CT molecular complexity index is 10.8. The van der Waals surface area contributed by atoms with Gasteiger partial charge in [-0.1, -0.05) is 0 Å². The molecule has 0 aromatic rings. The SMILES string of the molecule is C[O][Zr].Cl.Cl.Cl. The maximum atomic E-state index is 4.34. The van der Waals surface area contributed by atoms with E-state index in [1.165, 1.54) is 0 Å². The minimum absolute atomic E-state index is 0. The van der Waals surface area contributed by atoms with Crippen LogP contribution in [0.25, 0.3) is 0 Å². The van der Waals surface area contributed by atoms with Crippen LogP contribution in [-0.4, -0.2) is 7.11 Å². The van der Waals surface area contributed by atoms with Crippen molar-refractivity contribution >= 4 is 37.2 Å². The first kappa shape index (κ1) is 25.2. The van der Waals surface area contributed by atoms with Gasteiger partial charge in [-0.05, 0) is 0 Å². The Morgan fingerprint density at radius 2 is 1.17 bits per heavy atom. The van der Waals surface area contributed by atoms with Gasteiger partial charge in [0, 0.05) is 0 Å². The molecule has 0 aliphatic carbocycles. The Balaban J connectivity index is -0.00000000667. The van der Waals surface area contributed by atoms with Crippen molar-refractivity contribution in [2.24, 2.45) is 0 Å². The molecular formula is CH6Cl3OZr. The summed E-state index contributed by atoms with van der Waals surface area (Å²) in [4.78, 5) is 0. The Morgan fingerprint density at radius 3 is 1.17 bits per heavy atom. The van der Waals surface area contributed by atoms with E-state index in [-0.39, 0.29) is 37.2 Å². The van der Waals surface area contributed by atoms with Crippen molar-refractivity contribution in [1.29, 1.82) is 0 Å². The Hall–Kier alpha value is 1.71. The third-order valence-corrected chi connectivity index (χ3v) is 0. The van der Waals surface area contributed by atoms with E-state index in [0.717, 1.165) is 25.2 Å². The van der Waals surface area contributed by atoms with E-state index in [2.05, 4.69) is 2.81 Å². The largest absolute Gasteiger partial charge is 0.147 e. The van der Waals surface area contributed by atoms with Crippen molar-refractivity contribution in [3.05, 3.63) is 0 Å². The van der Waals surface area contributed by atoms with Gasteiger partial charge < -0.3 is 0 Å². The molecule has 0 N–H and O–H groups in total. The second-order valence-electron chi connectivity index (χ2n) is 0.204. The molecule has 0 saturated heterocycles. The summed E-state index contributed by atoms with van der Waals surface area (Å²) >= 11 is 1.14. The van der Waals surface area contributed by atoms with Crippen LogP contribution >= 0.6 is 37.2 Å². The summed E-state index contributed by atoms with van der Waals surface area (Å²) in [6.45, 7) is 0. The summed E-state index contributed by atoms with van der Waals surface area (Å²) in [7, 11) is 1.66. The van der Waals surface area contributed by atoms with Crippen LogP contribution in [0.1, 0.15) is 0 Å². The summed E-state index contributed by atoms with van der Waals surface area (Å²) in [5, 5.41) is 0. The van der Waals surface area contributed by atoms with Gasteiger partial charge in [-0.3, -0.25) is 0 Å². The van der Waals surface area contributed by atoms with Crippen molar-refractivity contribution in [1.82, 2.24) is 0 Å². The fourth-order valence-corrected chi connectivity index (χ4v) is 0. The summed E-state index contributed by atoms with van der Waals surface area (Å²) in [5.41, 5.74) is 0. The summed E-state index contributed by atoms with van der Waals surface area (Å²) < 4.78 is 4.34. The van der Waals surface area contributed by atoms with Gasteiger partial charge in [0.05, 0.1) is 0 Å². The summed E-state index contributed by atoms with van der Waals surface area (Å²) in [6.07, 6.45) is 0. The standard InChI is InChI=1S/CH3O.3ClH.Zr/c1-2;;;;/h1H3;3*1H;/q-1;;;;+1. The molecule has 0 aliphatic rings. The van der Waals surface area contributed by atoms with E-state index < -0.39 is 0 Å². The van der Waals surface area contributed by atoms with Crippen LogP contribution in [0.4, 0.5) is 0 Å². The van der Waals surface area contributed by atoms with E-state index in [0.29, 0.717) is 0 Å². The van der Waals surface area contributed by atoms with Gasteiger partial charge >= 0.3 is 35.1 Å². The fourth-order valence-electron chi connectivity index (χ4n) is 0. The van der Waals surface area contributed by atoms with Gasteiger partial charge in [0.2, 0.25) is 0 Å². The molecule has 1 nitrogen and oxygen atoms in total. The maximum Gasteiger partial charge on any atom is -0.147 e. The molecule has 0 heterocycles. The Labute approximate surface area is 71.9 Å². The van der Waals surface area contributed by atoms with Crippen LogP contribution in [0, 0.1) is 0 Å². The van der Waals surface area contributed by atoms with Crippen LogP contribution in [0.15, 0.2) is 0 Å². The smallest absolute Gasteiger partial charge is 0.147 e. The zero-order chi connectivity index (χ0) is 2.71. The minimum atomic E-state index is 0. The first-order valence-electron chi connectivity index (χ1n) is 0.612. The number of hydrogen-bond acceptors (Lipinski definition) is 1. The quantitative estimate of drug-likeness (QED) is 0.612. The second-order valence-corrected chi connectivity index (χ2v) is 1.21. The first-order chi connectivity index (χ1) is 1.41. The molecule has 0 bridgehead atoms. The van der Waals surface area contributed by atoms with Crippen molar-refractivity contribution < 1.29 is 28.0 Å². The molecule has 0 unspecified atom stereocenters. The molecule has 5 heteroatoms. The third-order valence-electron chi connectivity index (χ3n) is 0. The van der Waals surface area contributed by atoms with Crippen LogP contribution in [0.5, 0.6) is 0 Å². The predicted octanol–water partition coefficient (Wildman–Crippen LogP) is 1.36. The Kier molecular flexibility index (Phi) is 125. The molecule has 6 heavy (non-hydrogen) atoms. The third kappa shape index (κ3) is 43.2. The van der Waals surface area contributed by atoms with E-state index in [4.69, 9.17) is 0 Å². The van der Waals surface area contributed by atoms with Crippen molar-refractivity contribution in [3.8, 4) is 0 Å². The first-order valence-corrected chi connectivity index (χ1v) is 1.62. The van der Waals surface area contributed by atoms with Gasteiger partial charge in [0.1, 0.15) is 0 Å². The monoisotopic (exact) mass is 229 g/mol. The molecule has 0 fully saturated rings. The molecule has 0 saturated carbocycles. The van der Waals surface area contributed by atoms with Gasteiger partial charge in [0.25, 0.3) is 0 Å². The Morgan fingerprint density at radius 1 is 1.17 bits per heavy atom. The molecule has 0 aliphatic heterocycles. The van der Waals surface area contributed by atoms with E-state index in [9.17, 15) is 0 Å². The van der Waals surface area contributed by atoms with Gasteiger partial charge in [0.15, 0.2) is 0 Å². The zero-order valence-corrected chi connectivity index (χ0v) is 8.04. The normalized spacial score (nSPS) is 2.67. The van der Waals surface area contributed by atoms with E-state index in [1.54, 1.807) is 7.11 Å². The molecule has 41 valence electrons. The van der Waals surface area contributed by atoms with Crippen molar-refractivity contribution in [2.75, 3.05) is 7.11 Å². The summed E-state index contributed by atoms with van der Waals surface area (Å²) in [6, 6.07) is 0. The topological polar surface area (TPSA) is 9.23 Å². The molecule has 0 aromatic heterocycles. The average Bonchev–Trinajstić information content (AvgIpc) is 0.918. The van der Waals surface area contributed by atoms with E-state index in [1.807, 2.05) is 0 Å². The average molecular weight is 232 g/mol. The van der Waals surface area contributed by atoms with Crippen LogP contribution in [0.2, 0.25) is 0 Å². The van der Waals surface area contributed by atoms with Crippen LogP contribution in [-0.2, 0) is 28.0 Å². The second kappa shape index (κ2) is 29.8. The maximum absolute atomic E-state index is 4.34. The molecule has 0 rings (SSSR count).